The van der Waals surface area contributed by atoms with Crippen LogP contribution in [0.1, 0.15) is 18.1 Å². The Morgan fingerprint density at radius 2 is 1.93 bits per heavy atom. The van der Waals surface area contributed by atoms with Gasteiger partial charge in [0.25, 0.3) is 11.8 Å². The topological polar surface area (TPSA) is 130 Å². The summed E-state index contributed by atoms with van der Waals surface area (Å²) in [6.45, 7) is 2.48. The van der Waals surface area contributed by atoms with Gasteiger partial charge in [-0.05, 0) is 60.0 Å². The number of benzene rings is 2. The lowest BCUT2D eigenvalue weighted by Crippen LogP contribution is -2.64. The van der Waals surface area contributed by atoms with Crippen LogP contribution in [0.25, 0.3) is 0 Å². The number of fused-ring (bicyclic) bond motifs is 2. The minimum atomic E-state index is -0.641. The molecule has 0 radical (unpaired) electrons. The molecule has 2 amide bonds. The van der Waals surface area contributed by atoms with Gasteiger partial charge in [-0.15, -0.1) is 11.8 Å². The van der Waals surface area contributed by atoms with Crippen molar-refractivity contribution in [1.29, 1.82) is 0 Å². The first kappa shape index (κ1) is 30.2. The highest BCUT2D eigenvalue weighted by atomic mass is 32.2. The number of ether oxygens (including phenoxy) is 4. The van der Waals surface area contributed by atoms with Crippen molar-refractivity contribution in [1.82, 2.24) is 4.90 Å². The summed E-state index contributed by atoms with van der Waals surface area (Å²) < 4.78 is 22.0. The fraction of sp³-hybridized carbons (Fsp3) is 0.355. The average Bonchev–Trinajstić information content (AvgIpc) is 3.47. The second-order valence-corrected chi connectivity index (χ2v) is 12.1. The highest BCUT2D eigenvalue weighted by Crippen LogP contribution is 2.42. The molecule has 43 heavy (non-hydrogen) atoms. The zero-order chi connectivity index (χ0) is 30.7. The number of aliphatic imine (C=N–C) groups is 1. The van der Waals surface area contributed by atoms with Crippen LogP contribution in [0.2, 0.25) is 0 Å². The maximum absolute atomic E-state index is 13.5. The molecule has 0 aliphatic carbocycles. The molecule has 0 bridgehead atoms. The number of quaternary nitrogens is 1. The number of β-lactam (4-membered cyclic amide) rings is 1. The molecule has 2 aromatic carbocycles. The van der Waals surface area contributed by atoms with Crippen LogP contribution < -0.4 is 19.9 Å². The van der Waals surface area contributed by atoms with Crippen LogP contribution in [0.15, 0.2) is 70.9 Å². The summed E-state index contributed by atoms with van der Waals surface area (Å²) in [5.74, 6) is 1.21. The first-order chi connectivity index (χ1) is 20.6. The van der Waals surface area contributed by atoms with Crippen LogP contribution in [-0.4, -0.2) is 91.1 Å². The van der Waals surface area contributed by atoms with E-state index in [1.165, 1.54) is 16.7 Å². The Balaban J connectivity index is 1.35. The maximum Gasteiger partial charge on any atom is 0.355 e. The van der Waals surface area contributed by atoms with E-state index in [1.807, 2.05) is 50.5 Å². The molecule has 0 aromatic heterocycles. The first-order valence-corrected chi connectivity index (χ1v) is 14.8. The van der Waals surface area contributed by atoms with E-state index in [2.05, 4.69) is 4.99 Å². The number of primary amides is 1. The molecule has 226 valence electrons. The number of rotatable bonds is 11. The third-order valence-electron chi connectivity index (χ3n) is 7.83. The Bertz CT molecular complexity index is 1500. The van der Waals surface area contributed by atoms with Gasteiger partial charge in [-0.2, -0.15) is 0 Å². The lowest BCUT2D eigenvalue weighted by atomic mass is 10.0. The Morgan fingerprint density at radius 1 is 1.19 bits per heavy atom. The van der Waals surface area contributed by atoms with E-state index in [0.717, 1.165) is 11.1 Å². The van der Waals surface area contributed by atoms with E-state index < -0.39 is 24.0 Å². The van der Waals surface area contributed by atoms with Gasteiger partial charge >= 0.3 is 5.97 Å². The third-order valence-corrected chi connectivity index (χ3v) is 9.12. The third kappa shape index (κ3) is 6.40. The number of amides is 2. The number of esters is 1. The molecule has 0 saturated carbocycles. The van der Waals surface area contributed by atoms with Crippen molar-refractivity contribution in [3.05, 3.63) is 77.0 Å². The van der Waals surface area contributed by atoms with E-state index in [4.69, 9.17) is 24.7 Å². The SMILES string of the molecule is COc1ccc(COC(=O)C2=C(/C=C/C[N+](C)(C)[C@H](C)C(N)=O)CS[C@H]3[C@H](N=Cc4ccc5c(c4)OCO5)C(=O)N23)cc1. The predicted molar refractivity (Wildman–Crippen MR) is 162 cm³/mol. The maximum atomic E-state index is 13.5. The van der Waals surface area contributed by atoms with Gasteiger partial charge in [-0.3, -0.25) is 19.5 Å². The van der Waals surface area contributed by atoms with E-state index >= 15 is 0 Å². The monoisotopic (exact) mass is 607 g/mol. The minimum absolute atomic E-state index is 0.0366. The lowest BCUT2D eigenvalue weighted by Gasteiger charge is -2.47. The van der Waals surface area contributed by atoms with Crippen molar-refractivity contribution < 1.29 is 37.8 Å². The predicted octanol–water partition coefficient (Wildman–Crippen LogP) is 2.63. The van der Waals surface area contributed by atoms with Crippen molar-refractivity contribution in [2.24, 2.45) is 10.7 Å². The molecule has 3 atom stereocenters. The molecular weight excluding hydrogens is 572 g/mol. The summed E-state index contributed by atoms with van der Waals surface area (Å²) in [6.07, 6.45) is 5.37. The number of likely N-dealkylation sites (N-methyl/N-ethyl adjacent to an activating group) is 1. The Morgan fingerprint density at radius 3 is 2.65 bits per heavy atom. The summed E-state index contributed by atoms with van der Waals surface area (Å²) in [4.78, 5) is 44.8. The number of nitrogens with two attached hydrogens (primary N) is 1. The zero-order valence-electron chi connectivity index (χ0n) is 24.5. The molecule has 3 aliphatic heterocycles. The van der Waals surface area contributed by atoms with Gasteiger partial charge in [0.1, 0.15) is 23.4 Å². The number of hydrogen-bond acceptors (Lipinski definition) is 9. The number of allylic oxidation sites excluding steroid dienone is 1. The van der Waals surface area contributed by atoms with Crippen LogP contribution >= 0.6 is 11.8 Å². The molecule has 5 rings (SSSR count). The van der Waals surface area contributed by atoms with Gasteiger partial charge in [-0.1, -0.05) is 18.2 Å². The van der Waals surface area contributed by atoms with Gasteiger partial charge in [0, 0.05) is 12.0 Å². The number of methoxy groups -OCH3 is 1. The molecule has 3 heterocycles. The van der Waals surface area contributed by atoms with Crippen LogP contribution in [-0.2, 0) is 25.7 Å². The smallest absolute Gasteiger partial charge is 0.355 e. The molecule has 12 heteroatoms. The van der Waals surface area contributed by atoms with E-state index in [1.54, 1.807) is 38.4 Å². The molecule has 3 aliphatic rings. The number of carbonyl (C=O) groups is 3. The van der Waals surface area contributed by atoms with Gasteiger partial charge in [0.05, 0.1) is 27.7 Å². The fourth-order valence-corrected chi connectivity index (χ4v) is 6.12. The number of hydrogen-bond donors (Lipinski definition) is 1. The molecule has 2 N–H and O–H groups in total. The van der Waals surface area contributed by atoms with Gasteiger partial charge in [0.15, 0.2) is 23.6 Å². The fourth-order valence-electron chi connectivity index (χ4n) is 4.81. The van der Waals surface area contributed by atoms with Crippen molar-refractivity contribution in [2.75, 3.05) is 40.3 Å². The Hall–Kier alpha value is -4.29. The van der Waals surface area contributed by atoms with Crippen molar-refractivity contribution in [3.8, 4) is 17.2 Å². The number of nitrogens with zero attached hydrogens (tertiary/aromatic N) is 3. The Labute approximate surface area is 254 Å². The second kappa shape index (κ2) is 12.5. The van der Waals surface area contributed by atoms with Crippen molar-refractivity contribution in [3.63, 3.8) is 0 Å². The van der Waals surface area contributed by atoms with E-state index in [-0.39, 0.29) is 30.4 Å². The molecule has 0 spiro atoms. The summed E-state index contributed by atoms with van der Waals surface area (Å²) in [7, 11) is 5.40. The molecule has 2 aromatic rings. The first-order valence-electron chi connectivity index (χ1n) is 13.8. The molecular formula is C31H35N4O7S+. The van der Waals surface area contributed by atoms with Crippen molar-refractivity contribution in [2.45, 2.75) is 31.0 Å². The standard InChI is InChI=1S/C31H34N4O7S/c1-19(28(32)36)35(2,3)13-5-6-22-17-43-30-26(33-15-21-9-12-24-25(14-21)42-18-41-24)29(37)34(30)27(22)31(38)40-16-20-7-10-23(39-4)11-8-20/h5-12,14-15,19,26,30H,13,16-18H2,1-4H3,(H-,32,36)/p+1/b6-5+,33-15?/t19-,26-,30+/m1/s1. The van der Waals surface area contributed by atoms with Gasteiger partial charge in [-0.25, -0.2) is 4.79 Å². The Kier molecular flexibility index (Phi) is 8.79. The zero-order valence-corrected chi connectivity index (χ0v) is 25.3. The average molecular weight is 608 g/mol. The van der Waals surface area contributed by atoms with Crippen molar-refractivity contribution >= 4 is 35.8 Å². The largest absolute Gasteiger partial charge is 0.497 e. The minimum Gasteiger partial charge on any atom is -0.497 e. The van der Waals surface area contributed by atoms with Crippen LogP contribution in [0.3, 0.4) is 0 Å². The highest BCUT2D eigenvalue weighted by Gasteiger charge is 2.53. The molecule has 0 unspecified atom stereocenters. The number of thioether (sulfide) groups is 1. The van der Waals surface area contributed by atoms with Gasteiger partial charge < -0.3 is 29.2 Å². The summed E-state index contributed by atoms with van der Waals surface area (Å²) >= 11 is 1.53. The summed E-state index contributed by atoms with van der Waals surface area (Å²) in [5.41, 5.74) is 7.96. The lowest BCUT2D eigenvalue weighted by molar-refractivity contribution is -0.898. The molecule has 11 nitrogen and oxygen atoms in total. The quantitative estimate of drug-likeness (QED) is 0.179. The summed E-state index contributed by atoms with van der Waals surface area (Å²) in [6, 6.07) is 11.6. The molecule has 1 saturated heterocycles. The van der Waals surface area contributed by atoms with E-state index in [0.29, 0.717) is 39.6 Å². The second-order valence-electron chi connectivity index (χ2n) is 11.0. The molecule has 1 fully saturated rings. The van der Waals surface area contributed by atoms with Crippen LogP contribution in [0.5, 0.6) is 17.2 Å². The number of carbonyl (C=O) groups excluding carboxylic acids is 3. The van der Waals surface area contributed by atoms with Crippen LogP contribution in [0, 0.1) is 0 Å². The summed E-state index contributed by atoms with van der Waals surface area (Å²) in [5, 5.41) is -0.347. The normalized spacial score (nSPS) is 20.3. The highest BCUT2D eigenvalue weighted by molar-refractivity contribution is 8.00. The van der Waals surface area contributed by atoms with Crippen LogP contribution in [0.4, 0.5) is 0 Å². The van der Waals surface area contributed by atoms with E-state index in [9.17, 15) is 14.4 Å². The van der Waals surface area contributed by atoms with Gasteiger partial charge in [0.2, 0.25) is 6.79 Å².